The lowest BCUT2D eigenvalue weighted by molar-refractivity contribution is -0.384. The van der Waals surface area contributed by atoms with Crippen molar-refractivity contribution in [3.05, 3.63) is 111 Å². The number of nitro benzene ring substituents is 1. The van der Waals surface area contributed by atoms with Crippen molar-refractivity contribution in [2.45, 2.75) is 13.3 Å². The van der Waals surface area contributed by atoms with E-state index < -0.39 is 23.3 Å². The molecule has 2 heterocycles. The second-order valence-electron chi connectivity index (χ2n) is 12.6. The van der Waals surface area contributed by atoms with Crippen molar-refractivity contribution < 1.29 is 28.8 Å². The number of carbonyl (C=O) groups excluding carboxylic acids is 4. The number of nitro groups is 1. The molecule has 9 rings (SSSR count). The molecule has 6 unspecified atom stereocenters. The normalized spacial score (nSPS) is 25.1. The number of non-ortho nitro benzene ring substituents is 1. The van der Waals surface area contributed by atoms with Gasteiger partial charge in [0.15, 0.2) is 6.61 Å². The highest BCUT2D eigenvalue weighted by molar-refractivity contribution is 6.32. The number of fused-ring (bicyclic) bond motifs is 1. The van der Waals surface area contributed by atoms with Crippen LogP contribution in [0, 0.1) is 52.5 Å². The predicted molar refractivity (Wildman–Crippen MR) is 172 cm³/mol. The summed E-state index contributed by atoms with van der Waals surface area (Å²) in [5.41, 5.74) is 2.58. The van der Waals surface area contributed by atoms with Crippen LogP contribution in [0.15, 0.2) is 78.9 Å². The number of amides is 2. The first-order chi connectivity index (χ1) is 22.6. The lowest BCUT2D eigenvalue weighted by Gasteiger charge is -2.37. The molecule has 47 heavy (non-hydrogen) atoms. The zero-order valence-corrected chi connectivity index (χ0v) is 25.7. The SMILES string of the molecule is Cc1c(Cl)ccc2c(C(=O)OCC(=O)c3cccc([N+](=O)[O-])c3)cc(-c3ccc(N4C(=O)C5C6C=CC(C7CC67)C5C4=O)cc3)nc12. The zero-order valence-electron chi connectivity index (χ0n) is 25.0. The van der Waals surface area contributed by atoms with Gasteiger partial charge in [-0.3, -0.25) is 29.4 Å². The number of halogens is 1. The second kappa shape index (κ2) is 10.7. The van der Waals surface area contributed by atoms with Crippen molar-refractivity contribution in [2.75, 3.05) is 11.5 Å². The van der Waals surface area contributed by atoms with Gasteiger partial charge >= 0.3 is 5.97 Å². The van der Waals surface area contributed by atoms with Gasteiger partial charge < -0.3 is 4.74 Å². The molecule has 5 aliphatic rings. The summed E-state index contributed by atoms with van der Waals surface area (Å²) in [7, 11) is 0. The summed E-state index contributed by atoms with van der Waals surface area (Å²) in [6.45, 7) is 1.15. The lowest BCUT2D eigenvalue weighted by atomic mass is 9.63. The van der Waals surface area contributed by atoms with Gasteiger partial charge in [0.25, 0.3) is 5.69 Å². The number of Topliss-reactive ketones (excluding diaryl/α,β-unsaturated/α-hetero) is 1. The Morgan fingerprint density at radius 3 is 2.32 bits per heavy atom. The van der Waals surface area contributed by atoms with Gasteiger partial charge in [-0.1, -0.05) is 54.1 Å². The number of benzene rings is 3. The van der Waals surface area contributed by atoms with Crippen molar-refractivity contribution in [1.82, 2.24) is 4.98 Å². The third-order valence-electron chi connectivity index (χ3n) is 10.2. The van der Waals surface area contributed by atoms with Gasteiger partial charge in [0.1, 0.15) is 0 Å². The summed E-state index contributed by atoms with van der Waals surface area (Å²) in [6, 6.07) is 17.0. The highest BCUT2D eigenvalue weighted by atomic mass is 35.5. The molecule has 1 aromatic heterocycles. The number of ether oxygens (including phenoxy) is 1. The van der Waals surface area contributed by atoms with E-state index in [0.717, 1.165) is 12.5 Å². The molecule has 3 aromatic carbocycles. The number of nitrogens with zero attached hydrogens (tertiary/aromatic N) is 3. The summed E-state index contributed by atoms with van der Waals surface area (Å²) in [6.07, 6.45) is 5.38. The van der Waals surface area contributed by atoms with Crippen LogP contribution in [0.5, 0.6) is 0 Å². The van der Waals surface area contributed by atoms with Gasteiger partial charge in [-0.25, -0.2) is 9.78 Å². The van der Waals surface area contributed by atoms with E-state index in [-0.39, 0.29) is 52.3 Å². The third-order valence-corrected chi connectivity index (χ3v) is 10.6. The Morgan fingerprint density at radius 2 is 1.66 bits per heavy atom. The van der Waals surface area contributed by atoms with Crippen LogP contribution in [0.4, 0.5) is 11.4 Å². The maximum Gasteiger partial charge on any atom is 0.339 e. The standard InChI is InChI=1S/C36H26ClN3O7/c1-17-28(37)12-11-24-27(36(44)47-16-30(41)19-3-2-4-21(13-19)40(45)46)15-29(38-33(17)24)18-5-7-20(8-6-18)39-34(42)31-22-9-10-23(26-14-25(22)26)32(31)35(39)43/h2-13,15,22-23,25-26,31-32H,14,16H2,1H3. The van der Waals surface area contributed by atoms with Gasteiger partial charge in [-0.15, -0.1) is 0 Å². The number of pyridine rings is 1. The molecule has 0 N–H and O–H groups in total. The number of hydrogen-bond donors (Lipinski definition) is 0. The number of esters is 1. The molecule has 6 atom stereocenters. The van der Waals surface area contributed by atoms with Crippen LogP contribution in [0.1, 0.15) is 32.7 Å². The number of ketones is 1. The Balaban J connectivity index is 1.08. The molecule has 234 valence electrons. The van der Waals surface area contributed by atoms with Crippen LogP contribution in [0.25, 0.3) is 22.2 Å². The Bertz CT molecular complexity index is 2070. The van der Waals surface area contributed by atoms with E-state index in [1.807, 2.05) is 0 Å². The Labute approximate surface area is 273 Å². The van der Waals surface area contributed by atoms with Crippen LogP contribution in [0.3, 0.4) is 0 Å². The number of aromatic nitrogens is 1. The van der Waals surface area contributed by atoms with Crippen LogP contribution in [-0.2, 0) is 14.3 Å². The number of hydrogen-bond acceptors (Lipinski definition) is 8. The molecule has 1 saturated heterocycles. The second-order valence-corrected chi connectivity index (χ2v) is 13.1. The smallest absolute Gasteiger partial charge is 0.339 e. The Hall–Kier alpha value is -5.22. The number of rotatable bonds is 7. The maximum atomic E-state index is 13.6. The number of carbonyl (C=O) groups is 4. The monoisotopic (exact) mass is 647 g/mol. The first kappa shape index (κ1) is 29.2. The Morgan fingerprint density at radius 1 is 0.979 bits per heavy atom. The molecule has 11 heteroatoms. The van der Waals surface area contributed by atoms with Crippen molar-refractivity contribution in [3.63, 3.8) is 0 Å². The number of imide groups is 1. The van der Waals surface area contributed by atoms with Crippen molar-refractivity contribution in [3.8, 4) is 11.3 Å². The van der Waals surface area contributed by atoms with E-state index in [9.17, 15) is 29.3 Å². The molecular formula is C36H26ClN3O7. The summed E-state index contributed by atoms with van der Waals surface area (Å²) >= 11 is 6.41. The highest BCUT2D eigenvalue weighted by Gasteiger charge is 2.67. The van der Waals surface area contributed by atoms with E-state index >= 15 is 0 Å². The van der Waals surface area contributed by atoms with E-state index in [1.54, 1.807) is 49.4 Å². The molecule has 0 spiro atoms. The molecule has 10 nitrogen and oxygen atoms in total. The van der Waals surface area contributed by atoms with E-state index in [0.29, 0.717) is 50.3 Å². The topological polar surface area (TPSA) is 137 Å². The average Bonchev–Trinajstić information content (AvgIpc) is 3.87. The molecule has 4 aliphatic carbocycles. The van der Waals surface area contributed by atoms with E-state index in [4.69, 9.17) is 21.3 Å². The van der Waals surface area contributed by atoms with Gasteiger partial charge in [-0.05, 0) is 66.8 Å². The van der Waals surface area contributed by atoms with Gasteiger partial charge in [0.2, 0.25) is 17.6 Å². The molecule has 3 fully saturated rings. The predicted octanol–water partition coefficient (Wildman–Crippen LogP) is 6.37. The fourth-order valence-electron chi connectivity index (χ4n) is 7.80. The van der Waals surface area contributed by atoms with Gasteiger partial charge in [-0.2, -0.15) is 0 Å². The van der Waals surface area contributed by atoms with Crippen molar-refractivity contribution in [2.24, 2.45) is 35.5 Å². The van der Waals surface area contributed by atoms with Gasteiger partial charge in [0, 0.05) is 33.7 Å². The highest BCUT2D eigenvalue weighted by Crippen LogP contribution is 2.65. The summed E-state index contributed by atoms with van der Waals surface area (Å²) in [5, 5.41) is 12.0. The maximum absolute atomic E-state index is 13.6. The molecule has 0 radical (unpaired) electrons. The van der Waals surface area contributed by atoms with Crippen molar-refractivity contribution in [1.29, 1.82) is 0 Å². The minimum absolute atomic E-state index is 0.0462. The largest absolute Gasteiger partial charge is 0.454 e. The molecule has 4 aromatic rings. The van der Waals surface area contributed by atoms with Gasteiger partial charge in [0.05, 0.1) is 39.2 Å². The van der Waals surface area contributed by atoms with Crippen LogP contribution in [-0.4, -0.2) is 40.1 Å². The molecule has 2 amide bonds. The Kier molecular flexibility index (Phi) is 6.63. The van der Waals surface area contributed by atoms with Crippen LogP contribution >= 0.6 is 11.6 Å². The lowest BCUT2D eigenvalue weighted by Crippen LogP contribution is -2.40. The quantitative estimate of drug-likeness (QED) is 0.0564. The summed E-state index contributed by atoms with van der Waals surface area (Å²) in [4.78, 5) is 70.0. The average molecular weight is 648 g/mol. The first-order valence-corrected chi connectivity index (χ1v) is 15.7. The first-order valence-electron chi connectivity index (χ1n) is 15.3. The van der Waals surface area contributed by atoms with Crippen LogP contribution in [0.2, 0.25) is 5.02 Å². The third kappa shape index (κ3) is 4.58. The number of aryl methyl sites for hydroxylation is 1. The van der Waals surface area contributed by atoms with Crippen molar-refractivity contribution >= 4 is 57.4 Å². The molecule has 2 bridgehead atoms. The van der Waals surface area contributed by atoms with E-state index in [2.05, 4.69) is 12.2 Å². The molecular weight excluding hydrogens is 622 g/mol. The zero-order chi connectivity index (χ0) is 32.7. The minimum Gasteiger partial charge on any atom is -0.454 e. The summed E-state index contributed by atoms with van der Waals surface area (Å²) < 4.78 is 5.40. The fourth-order valence-corrected chi connectivity index (χ4v) is 7.95. The van der Waals surface area contributed by atoms with E-state index in [1.165, 1.54) is 23.1 Å². The summed E-state index contributed by atoms with van der Waals surface area (Å²) in [5.74, 6) is -0.969. The number of anilines is 1. The number of allylic oxidation sites excluding steroid dienone is 2. The fraction of sp³-hybridized carbons (Fsp3) is 0.250. The molecule has 2 saturated carbocycles. The minimum atomic E-state index is -0.784. The molecule has 1 aliphatic heterocycles. The van der Waals surface area contributed by atoms with Crippen LogP contribution < -0.4 is 4.90 Å².